The molecule has 0 aliphatic heterocycles. The van der Waals surface area contributed by atoms with Crippen LogP contribution in [0.5, 0.6) is 0 Å². The Kier molecular flexibility index (Phi) is 20.9. The van der Waals surface area contributed by atoms with Gasteiger partial charge in [0.2, 0.25) is 0 Å². The van der Waals surface area contributed by atoms with Crippen molar-refractivity contribution in [1.29, 1.82) is 0 Å². The summed E-state index contributed by atoms with van der Waals surface area (Å²) in [7, 11) is 8.21. The van der Waals surface area contributed by atoms with Gasteiger partial charge in [0.15, 0.2) is 0 Å². The van der Waals surface area contributed by atoms with Crippen LogP contribution in [-0.2, 0) is 33.0 Å². The molecule has 2 atom stereocenters. The minimum Gasteiger partial charge on any atom is 2.00 e. The van der Waals surface area contributed by atoms with Crippen LogP contribution in [0.4, 0.5) is 0 Å². The third-order valence-electron chi connectivity index (χ3n) is 7.33. The Balaban J connectivity index is 0.000000371. The topological polar surface area (TPSA) is 0 Å². The van der Waals surface area contributed by atoms with Gasteiger partial charge in [0.25, 0.3) is 0 Å². The zero-order chi connectivity index (χ0) is 28.0. The Morgan fingerprint density at radius 2 is 1.00 bits per heavy atom. The van der Waals surface area contributed by atoms with Crippen LogP contribution < -0.4 is 21.2 Å². The molecule has 0 aromatic heterocycles. The van der Waals surface area contributed by atoms with E-state index in [4.69, 9.17) is 19.1 Å². The summed E-state index contributed by atoms with van der Waals surface area (Å²) < 4.78 is 0. The molecular formula is C37H44Cl2FeP2Pd+2. The van der Waals surface area contributed by atoms with Crippen molar-refractivity contribution in [2.75, 3.05) is 0 Å². The fourth-order valence-corrected chi connectivity index (χ4v) is 11.7. The molecule has 232 valence electrons. The smallest absolute Gasteiger partial charge is 2.00 e. The number of allylic oxidation sites excluding steroid dienone is 4. The van der Waals surface area contributed by atoms with Gasteiger partial charge in [-0.25, -0.2) is 0 Å². The van der Waals surface area contributed by atoms with Crippen LogP contribution in [-0.4, -0.2) is 11.3 Å². The molecule has 2 aliphatic rings. The van der Waals surface area contributed by atoms with Crippen molar-refractivity contribution < 1.29 is 33.0 Å². The number of benzene rings is 4. The summed E-state index contributed by atoms with van der Waals surface area (Å²) in [5, 5.41) is 6.08. The first-order chi connectivity index (χ1) is 19.7. The van der Waals surface area contributed by atoms with Gasteiger partial charge in [0, 0.05) is 7.92 Å². The number of hydrogen-bond acceptors (Lipinski definition) is 0. The molecule has 0 nitrogen and oxygen atoms in total. The summed E-state index contributed by atoms with van der Waals surface area (Å²) in [6.07, 6.45) is 13.3. The third-order valence-corrected chi connectivity index (χ3v) is 13.7. The molecular weight excluding hydrogens is 740 g/mol. The molecule has 43 heavy (non-hydrogen) atoms. The Hall–Kier alpha value is -1.02. The van der Waals surface area contributed by atoms with Crippen LogP contribution in [0.25, 0.3) is 0 Å². The standard InChI is InChI=1S/C18H18P.C17H17P.CH4.CH3.2ClH.Fe.Pd/c1-15-9-8-14-18(15)19(16-10-4-2-5-11-16)17-12-6-3-7-13-17;1-3-9-15(10-4-1)18(17-13-7-8-14-17)16-11-5-2-6-12-16;;;;;;/h2-8,10-14,18H,9H2,1H3;1-7,9-13,17H,8,14H2;1H4;1H3;2*1H;;/q-1;;;-1;;;2*+2/t18-;17-;;;;;;/m10....../s1. The predicted octanol–water partition coefficient (Wildman–Crippen LogP) is 9.81. The largest absolute Gasteiger partial charge is 2.00 e. The second kappa shape index (κ2) is 22.5. The molecule has 0 unspecified atom stereocenters. The van der Waals surface area contributed by atoms with Crippen molar-refractivity contribution in [3.8, 4) is 0 Å². The normalized spacial score (nSPS) is 16.7. The minimum atomic E-state index is -0.750. The zero-order valence-electron chi connectivity index (χ0n) is 24.1. The molecule has 0 fully saturated rings. The van der Waals surface area contributed by atoms with Crippen molar-refractivity contribution in [2.24, 2.45) is 0 Å². The average molecular weight is 784 g/mol. The zero-order valence-corrected chi connectivity index (χ0v) is 30.2. The first-order valence-corrected chi connectivity index (χ1v) is 20.8. The molecule has 2 aliphatic carbocycles. The van der Waals surface area contributed by atoms with Gasteiger partial charge in [-0.05, 0) is 73.1 Å². The van der Waals surface area contributed by atoms with Gasteiger partial charge in [-0.15, -0.1) is 6.08 Å². The summed E-state index contributed by atoms with van der Waals surface area (Å²) in [5.41, 5.74) is 1.38. The second-order valence-corrected chi connectivity index (χ2v) is 17.6. The molecule has 0 heterocycles. The van der Waals surface area contributed by atoms with E-state index in [1.165, 1.54) is 34.1 Å². The number of halogens is 2. The summed E-state index contributed by atoms with van der Waals surface area (Å²) in [6.45, 7) is 2.31. The quantitative estimate of drug-likeness (QED) is 0.0791. The molecule has 0 saturated heterocycles. The van der Waals surface area contributed by atoms with E-state index >= 15 is 0 Å². The molecule has 0 saturated carbocycles. The van der Waals surface area contributed by atoms with Gasteiger partial charge < -0.3 is 7.43 Å². The number of rotatable bonds is 6. The second-order valence-electron chi connectivity index (χ2n) is 9.90. The minimum absolute atomic E-state index is 0. The van der Waals surface area contributed by atoms with E-state index in [9.17, 15) is 0 Å². The van der Waals surface area contributed by atoms with E-state index in [0.29, 0.717) is 5.66 Å². The van der Waals surface area contributed by atoms with Gasteiger partial charge in [0.1, 0.15) is 0 Å². The monoisotopic (exact) mass is 782 g/mol. The third kappa shape index (κ3) is 12.0. The molecule has 6 heteroatoms. The van der Waals surface area contributed by atoms with Crippen molar-refractivity contribution in [2.45, 2.75) is 44.9 Å². The summed E-state index contributed by atoms with van der Waals surface area (Å²) in [5.74, 6) is 1.61. The van der Waals surface area contributed by atoms with Gasteiger partial charge in [-0.1, -0.05) is 92.4 Å². The average Bonchev–Trinajstić information content (AvgIpc) is 3.69. The molecule has 0 amide bonds. The first kappa shape index (κ1) is 40.0. The summed E-state index contributed by atoms with van der Waals surface area (Å²) in [4.78, 5) is 0. The molecule has 4 aromatic carbocycles. The number of hydrogen-bond donors (Lipinski definition) is 0. The fourth-order valence-electron chi connectivity index (χ4n) is 5.49. The van der Waals surface area contributed by atoms with Gasteiger partial charge in [-0.2, -0.15) is 13.3 Å². The molecule has 4 aromatic rings. The Morgan fingerprint density at radius 1 is 0.628 bits per heavy atom. The fraction of sp³-hybridized carbons (Fsp3) is 0.189. The van der Waals surface area contributed by atoms with E-state index in [1.54, 1.807) is 5.92 Å². The van der Waals surface area contributed by atoms with Crippen molar-refractivity contribution in [3.05, 3.63) is 159 Å². The van der Waals surface area contributed by atoms with Crippen molar-refractivity contribution in [1.82, 2.24) is 0 Å². The van der Waals surface area contributed by atoms with E-state index < -0.39 is 15.8 Å². The molecule has 0 N–H and O–H groups in total. The van der Waals surface area contributed by atoms with Crippen LogP contribution in [0, 0.1) is 13.3 Å². The molecule has 0 spiro atoms. The van der Waals surface area contributed by atoms with Crippen LogP contribution in [0.1, 0.15) is 33.6 Å². The van der Waals surface area contributed by atoms with Gasteiger partial charge in [-0.3, -0.25) is 5.92 Å². The van der Waals surface area contributed by atoms with E-state index in [-0.39, 0.29) is 47.9 Å². The predicted molar refractivity (Wildman–Crippen MR) is 194 cm³/mol. The Labute approximate surface area is 290 Å². The maximum Gasteiger partial charge on any atom is 2.00 e. The maximum absolute atomic E-state index is 4.81. The molecule has 0 radical (unpaired) electrons. The maximum atomic E-state index is 4.81. The first-order valence-electron chi connectivity index (χ1n) is 13.7. The SMILES string of the molecule is C.C1=C[C@H]([PH+](c2ccccc2)c2ccccc2)CC1.C[C-]1CC=C[C@H]1[PH+](c1ccccc1)c1ccccc1.[CH3-].[Cl][Pd][Cl].[Fe+2]. The summed E-state index contributed by atoms with van der Waals surface area (Å²) >= 11 is -0.106. The van der Waals surface area contributed by atoms with E-state index in [2.05, 4.69) is 153 Å². The van der Waals surface area contributed by atoms with Crippen LogP contribution in [0.3, 0.4) is 0 Å². The molecule has 0 bridgehead atoms. The van der Waals surface area contributed by atoms with E-state index in [0.717, 1.165) is 12.1 Å². The molecule has 6 rings (SSSR count). The van der Waals surface area contributed by atoms with E-state index in [1.807, 2.05) is 0 Å². The Morgan fingerprint density at radius 3 is 1.30 bits per heavy atom. The Bertz CT molecular complexity index is 1230. The van der Waals surface area contributed by atoms with Gasteiger partial charge >= 0.3 is 52.1 Å². The van der Waals surface area contributed by atoms with Crippen molar-refractivity contribution in [3.63, 3.8) is 0 Å². The summed E-state index contributed by atoms with van der Waals surface area (Å²) in [6, 6.07) is 44.1. The van der Waals surface area contributed by atoms with Gasteiger partial charge in [0.05, 0.1) is 34.8 Å². The van der Waals surface area contributed by atoms with Crippen LogP contribution in [0.2, 0.25) is 0 Å². The van der Waals surface area contributed by atoms with Crippen LogP contribution in [0.15, 0.2) is 146 Å². The van der Waals surface area contributed by atoms with Crippen molar-refractivity contribution >= 4 is 56.1 Å². The van der Waals surface area contributed by atoms with Crippen LogP contribution >= 0.6 is 34.9 Å².